The Morgan fingerprint density at radius 3 is 2.67 bits per heavy atom. The molecular formula is C16H14FN5O2. The van der Waals surface area contributed by atoms with Gasteiger partial charge in [-0.1, -0.05) is 0 Å². The Hall–Kier alpha value is -3.42. The number of nitrogens with zero attached hydrogens (tertiary/aromatic N) is 2. The van der Waals surface area contributed by atoms with E-state index in [0.29, 0.717) is 27.6 Å². The fraction of sp³-hybridized carbons (Fsp3) is 0.0625. The number of benzene rings is 1. The van der Waals surface area contributed by atoms with Gasteiger partial charge in [0.25, 0.3) is 0 Å². The minimum absolute atomic E-state index is 0.0706. The summed E-state index contributed by atoms with van der Waals surface area (Å²) in [6, 6.07) is 3.05. The lowest BCUT2D eigenvalue weighted by atomic mass is 9.97. The number of hydrogen-bond acceptors (Lipinski definition) is 5. The van der Waals surface area contributed by atoms with Crippen molar-refractivity contribution < 1.29 is 14.3 Å². The third-order valence-corrected chi connectivity index (χ3v) is 3.78. The summed E-state index contributed by atoms with van der Waals surface area (Å²) in [5, 5.41) is 11.9. The van der Waals surface area contributed by atoms with Gasteiger partial charge >= 0.3 is 6.09 Å². The summed E-state index contributed by atoms with van der Waals surface area (Å²) in [5.74, 6) is -0.479. The molecule has 0 spiro atoms. The lowest BCUT2D eigenvalue weighted by Gasteiger charge is -2.13. The van der Waals surface area contributed by atoms with Crippen molar-refractivity contribution in [3.8, 4) is 11.1 Å². The van der Waals surface area contributed by atoms with E-state index in [-0.39, 0.29) is 17.1 Å². The molecule has 0 fully saturated rings. The van der Waals surface area contributed by atoms with Crippen LogP contribution in [0.15, 0.2) is 30.7 Å². The van der Waals surface area contributed by atoms with Crippen LogP contribution < -0.4 is 16.8 Å². The number of carbonyl (C=O) groups is 1. The van der Waals surface area contributed by atoms with Gasteiger partial charge in [-0.3, -0.25) is 10.3 Å². The summed E-state index contributed by atoms with van der Waals surface area (Å²) in [7, 11) is 0. The maximum atomic E-state index is 14.7. The number of nitrogens with two attached hydrogens (primary N) is 2. The average Bonchev–Trinajstić information content (AvgIpc) is 2.53. The summed E-state index contributed by atoms with van der Waals surface area (Å²) < 4.78 is 14.7. The van der Waals surface area contributed by atoms with Gasteiger partial charge in [-0.05, 0) is 30.0 Å². The summed E-state index contributed by atoms with van der Waals surface area (Å²) >= 11 is 0. The first kappa shape index (κ1) is 15.5. The highest BCUT2D eigenvalue weighted by Crippen LogP contribution is 2.35. The molecule has 0 aliphatic carbocycles. The van der Waals surface area contributed by atoms with E-state index >= 15 is 0 Å². The number of rotatable bonds is 2. The smallest absolute Gasteiger partial charge is 0.410 e. The first-order chi connectivity index (χ1) is 11.4. The lowest BCUT2D eigenvalue weighted by molar-refractivity contribution is 0.209. The van der Waals surface area contributed by atoms with Gasteiger partial charge in [0.05, 0.1) is 17.6 Å². The highest BCUT2D eigenvalue weighted by Gasteiger charge is 2.16. The van der Waals surface area contributed by atoms with Crippen molar-refractivity contribution in [2.45, 2.75) is 6.92 Å². The van der Waals surface area contributed by atoms with Crippen molar-refractivity contribution in [3.05, 3.63) is 42.1 Å². The van der Waals surface area contributed by atoms with E-state index in [1.165, 1.54) is 24.7 Å². The van der Waals surface area contributed by atoms with E-state index in [2.05, 4.69) is 15.3 Å². The molecule has 1 aromatic carbocycles. The standard InChI is InChI=1S/C16H14FN5O2/c1-7-10(4-20-6-12(7)18)9-2-8-3-13(22-16(23)24)21-5-11(8)15(19)14(9)17/h2-6H,18-19H2,1H3,(H,21,22)(H,23,24). The largest absolute Gasteiger partial charge is 0.465 e. The molecule has 24 heavy (non-hydrogen) atoms. The first-order valence-electron chi connectivity index (χ1n) is 6.96. The number of pyridine rings is 2. The summed E-state index contributed by atoms with van der Waals surface area (Å²) in [4.78, 5) is 18.6. The van der Waals surface area contributed by atoms with Crippen LogP contribution >= 0.6 is 0 Å². The average molecular weight is 327 g/mol. The second-order valence-electron chi connectivity index (χ2n) is 5.27. The number of anilines is 3. The van der Waals surface area contributed by atoms with Gasteiger partial charge in [0, 0.05) is 28.9 Å². The third kappa shape index (κ3) is 2.54. The molecule has 0 saturated carbocycles. The molecular weight excluding hydrogens is 313 g/mol. The van der Waals surface area contributed by atoms with Crippen LogP contribution in [0.1, 0.15) is 5.56 Å². The quantitative estimate of drug-likeness (QED) is 0.536. The molecule has 8 heteroatoms. The van der Waals surface area contributed by atoms with Crippen LogP contribution in [0.2, 0.25) is 0 Å². The van der Waals surface area contributed by atoms with Gasteiger partial charge in [-0.2, -0.15) is 0 Å². The number of hydrogen-bond donors (Lipinski definition) is 4. The Morgan fingerprint density at radius 1 is 1.21 bits per heavy atom. The monoisotopic (exact) mass is 327 g/mol. The van der Waals surface area contributed by atoms with Crippen LogP contribution in [0.25, 0.3) is 21.9 Å². The highest BCUT2D eigenvalue weighted by molar-refractivity contribution is 5.99. The first-order valence-corrected chi connectivity index (χ1v) is 6.96. The maximum absolute atomic E-state index is 14.7. The Kier molecular flexibility index (Phi) is 3.64. The van der Waals surface area contributed by atoms with Crippen molar-refractivity contribution >= 4 is 34.1 Å². The van der Waals surface area contributed by atoms with E-state index in [9.17, 15) is 9.18 Å². The normalized spacial score (nSPS) is 10.8. The molecule has 0 atom stereocenters. The Morgan fingerprint density at radius 2 is 1.96 bits per heavy atom. The van der Waals surface area contributed by atoms with Gasteiger partial charge in [-0.15, -0.1) is 0 Å². The highest BCUT2D eigenvalue weighted by atomic mass is 19.1. The van der Waals surface area contributed by atoms with Gasteiger partial charge < -0.3 is 16.6 Å². The minimum atomic E-state index is -1.24. The molecule has 0 bridgehead atoms. The van der Waals surface area contributed by atoms with E-state index in [1.807, 2.05) is 0 Å². The Bertz CT molecular complexity index is 974. The SMILES string of the molecule is Cc1c(N)cncc1-c1cc2cc(NC(=O)O)ncc2c(N)c1F. The predicted molar refractivity (Wildman–Crippen MR) is 90.1 cm³/mol. The Balaban J connectivity index is 2.26. The molecule has 0 radical (unpaired) electrons. The number of nitrogen functional groups attached to an aromatic ring is 2. The second kappa shape index (κ2) is 5.65. The van der Waals surface area contributed by atoms with Crippen LogP contribution in [0.4, 0.5) is 26.4 Å². The zero-order chi connectivity index (χ0) is 17.4. The van der Waals surface area contributed by atoms with E-state index in [0.717, 1.165) is 0 Å². The number of nitrogens with one attached hydrogen (secondary N) is 1. The number of fused-ring (bicyclic) bond motifs is 1. The molecule has 0 saturated heterocycles. The van der Waals surface area contributed by atoms with Crippen molar-refractivity contribution in [1.29, 1.82) is 0 Å². The molecule has 0 aliphatic heterocycles. The number of halogens is 1. The van der Waals surface area contributed by atoms with E-state index in [4.69, 9.17) is 16.6 Å². The summed E-state index contributed by atoms with van der Waals surface area (Å²) in [6.07, 6.45) is 3.08. The molecule has 0 unspecified atom stereocenters. The zero-order valence-corrected chi connectivity index (χ0v) is 12.7. The molecule has 3 aromatic rings. The molecule has 6 N–H and O–H groups in total. The van der Waals surface area contributed by atoms with Gasteiger partial charge in [0.15, 0.2) is 5.82 Å². The van der Waals surface area contributed by atoms with Crippen molar-refractivity contribution in [2.24, 2.45) is 0 Å². The minimum Gasteiger partial charge on any atom is -0.465 e. The lowest BCUT2D eigenvalue weighted by Crippen LogP contribution is -2.08. The molecule has 2 heterocycles. The van der Waals surface area contributed by atoms with Crippen LogP contribution in [0.5, 0.6) is 0 Å². The van der Waals surface area contributed by atoms with Crippen molar-refractivity contribution in [1.82, 2.24) is 9.97 Å². The van der Waals surface area contributed by atoms with Crippen LogP contribution in [0.3, 0.4) is 0 Å². The topological polar surface area (TPSA) is 127 Å². The van der Waals surface area contributed by atoms with Crippen LogP contribution in [0, 0.1) is 12.7 Å². The molecule has 3 rings (SSSR count). The summed E-state index contributed by atoms with van der Waals surface area (Å²) in [6.45, 7) is 1.76. The van der Waals surface area contributed by atoms with Crippen molar-refractivity contribution in [2.75, 3.05) is 16.8 Å². The fourth-order valence-corrected chi connectivity index (χ4v) is 2.48. The van der Waals surface area contributed by atoms with Crippen molar-refractivity contribution in [3.63, 3.8) is 0 Å². The number of aromatic nitrogens is 2. The molecule has 122 valence electrons. The fourth-order valence-electron chi connectivity index (χ4n) is 2.48. The third-order valence-electron chi connectivity index (χ3n) is 3.78. The molecule has 7 nitrogen and oxygen atoms in total. The second-order valence-corrected chi connectivity index (χ2v) is 5.27. The molecule has 2 aromatic heterocycles. The van der Waals surface area contributed by atoms with Gasteiger partial charge in [-0.25, -0.2) is 14.2 Å². The van der Waals surface area contributed by atoms with Crippen LogP contribution in [-0.4, -0.2) is 21.2 Å². The Labute approximate surface area is 136 Å². The number of amides is 1. The maximum Gasteiger partial charge on any atom is 0.410 e. The number of carboxylic acid groups (broad SMARTS) is 1. The molecule has 0 aliphatic rings. The van der Waals surface area contributed by atoms with E-state index in [1.54, 1.807) is 13.0 Å². The molecule has 1 amide bonds. The van der Waals surface area contributed by atoms with Gasteiger partial charge in [0.1, 0.15) is 5.82 Å². The van der Waals surface area contributed by atoms with Crippen LogP contribution in [-0.2, 0) is 0 Å². The van der Waals surface area contributed by atoms with E-state index < -0.39 is 11.9 Å². The predicted octanol–water partition coefficient (Wildman–Crippen LogP) is 3.00. The summed E-state index contributed by atoms with van der Waals surface area (Å²) in [5.41, 5.74) is 13.5. The zero-order valence-electron chi connectivity index (χ0n) is 12.7. The van der Waals surface area contributed by atoms with Gasteiger partial charge in [0.2, 0.25) is 0 Å².